The van der Waals surface area contributed by atoms with Gasteiger partial charge in [0.1, 0.15) is 22.8 Å². The Morgan fingerprint density at radius 1 is 1.06 bits per heavy atom. The summed E-state index contributed by atoms with van der Waals surface area (Å²) < 4.78 is 13.5. The molecule has 250 valence electrons. The summed E-state index contributed by atoms with van der Waals surface area (Å²) >= 11 is 0. The van der Waals surface area contributed by atoms with Crippen LogP contribution < -0.4 is 10.2 Å². The van der Waals surface area contributed by atoms with E-state index in [4.69, 9.17) is 14.5 Å². The number of carbonyl (C=O) groups is 3. The number of amides is 3. The highest BCUT2D eigenvalue weighted by atomic mass is 16.6. The Balaban J connectivity index is 1.06. The van der Waals surface area contributed by atoms with E-state index in [2.05, 4.69) is 15.3 Å². The molecule has 3 unspecified atom stereocenters. The Hall–Kier alpha value is -4.26. The number of carbonyl (C=O) groups excluding carboxylic acids is 3. The lowest BCUT2D eigenvalue weighted by atomic mass is 9.74. The minimum Gasteiger partial charge on any atom is -0.444 e. The van der Waals surface area contributed by atoms with Gasteiger partial charge in [0.2, 0.25) is 11.9 Å². The first-order valence-corrected chi connectivity index (χ1v) is 16.6. The number of rotatable bonds is 5. The van der Waals surface area contributed by atoms with Crippen molar-refractivity contribution in [3.05, 3.63) is 36.3 Å². The summed E-state index contributed by atoms with van der Waals surface area (Å²) in [7, 11) is 3.48. The molecule has 1 spiro atoms. The number of nitrogens with zero attached hydrogens (tertiary/aromatic N) is 7. The number of nitrogens with one attached hydrogen (secondary N) is 1. The lowest BCUT2D eigenvalue weighted by Gasteiger charge is -2.44. The van der Waals surface area contributed by atoms with Gasteiger partial charge in [-0.15, -0.1) is 0 Å². The molecule has 4 saturated heterocycles. The van der Waals surface area contributed by atoms with Crippen LogP contribution in [-0.4, -0.2) is 98.8 Å². The molecule has 4 aliphatic heterocycles. The maximum atomic E-state index is 13.4. The highest BCUT2D eigenvalue weighted by Gasteiger charge is 2.55. The van der Waals surface area contributed by atoms with Crippen molar-refractivity contribution in [2.24, 2.45) is 5.41 Å². The summed E-state index contributed by atoms with van der Waals surface area (Å²) in [6, 6.07) is 5.76. The van der Waals surface area contributed by atoms with Crippen molar-refractivity contribution in [1.29, 1.82) is 0 Å². The summed E-state index contributed by atoms with van der Waals surface area (Å²) in [5, 5.41) is 3.98. The molecule has 0 aromatic carbocycles. The van der Waals surface area contributed by atoms with Gasteiger partial charge in [0.05, 0.1) is 24.5 Å². The highest BCUT2D eigenvalue weighted by molar-refractivity contribution is 5.98. The lowest BCUT2D eigenvalue weighted by Crippen LogP contribution is -2.52. The molecule has 1 N–H and O–H groups in total. The minimum absolute atomic E-state index is 0.00124. The SMILES string of the molecule is CN(C)C(=O)c1cc2cnc(Nc3ccc(N4CC5(CC4=O)CC4CCC(C5)N4C(=O)OC(C)(C)C)cn3)nc2n1C1CCCOC1. The number of pyridine rings is 1. The largest absolute Gasteiger partial charge is 0.444 e. The average molecular weight is 645 g/mol. The smallest absolute Gasteiger partial charge is 0.410 e. The normalized spacial score (nSPS) is 25.9. The third kappa shape index (κ3) is 6.01. The molecule has 7 rings (SSSR count). The van der Waals surface area contributed by atoms with Gasteiger partial charge in [0.25, 0.3) is 5.91 Å². The first kappa shape index (κ1) is 31.3. The van der Waals surface area contributed by atoms with Gasteiger partial charge in [-0.1, -0.05) is 0 Å². The molecule has 47 heavy (non-hydrogen) atoms. The van der Waals surface area contributed by atoms with Crippen LogP contribution in [0.15, 0.2) is 30.6 Å². The number of fused-ring (bicyclic) bond motifs is 3. The van der Waals surface area contributed by atoms with Crippen LogP contribution in [0, 0.1) is 5.41 Å². The third-order valence-electron chi connectivity index (χ3n) is 9.88. The van der Waals surface area contributed by atoms with Crippen LogP contribution in [0.2, 0.25) is 0 Å². The number of hydrogen-bond acceptors (Lipinski definition) is 9. The summed E-state index contributed by atoms with van der Waals surface area (Å²) in [4.78, 5) is 58.7. The predicted molar refractivity (Wildman–Crippen MR) is 176 cm³/mol. The molecule has 3 aromatic heterocycles. The molecule has 13 nitrogen and oxygen atoms in total. The Morgan fingerprint density at radius 2 is 1.83 bits per heavy atom. The number of anilines is 3. The standard InChI is InChI=1S/C34H44N8O5/c1-33(2,3)47-32(45)41-22-8-9-23(41)15-34(14-22)16-28(43)40(20-34)24-10-11-27(35-18-24)37-31-36-17-21-13-26(30(44)39(4)5)42(29(21)38-31)25-7-6-12-46-19-25/h10-11,13,17-18,22-23,25H,6-9,12,14-16,19-20H2,1-5H3,(H,35,36,37,38). The zero-order valence-electron chi connectivity index (χ0n) is 27.9. The van der Waals surface area contributed by atoms with E-state index in [1.165, 1.54) is 0 Å². The van der Waals surface area contributed by atoms with Crippen LogP contribution in [0.3, 0.4) is 0 Å². The fourth-order valence-electron chi connectivity index (χ4n) is 7.96. The first-order chi connectivity index (χ1) is 22.4. The molecule has 3 aromatic rings. The van der Waals surface area contributed by atoms with Gasteiger partial charge in [0, 0.05) is 62.7 Å². The topological polar surface area (TPSA) is 135 Å². The number of aromatic nitrogens is 4. The Bertz CT molecular complexity index is 1680. The summed E-state index contributed by atoms with van der Waals surface area (Å²) in [6.45, 7) is 7.53. The lowest BCUT2D eigenvalue weighted by molar-refractivity contribution is -0.118. The van der Waals surface area contributed by atoms with Crippen LogP contribution >= 0.6 is 0 Å². The van der Waals surface area contributed by atoms with E-state index in [1.807, 2.05) is 53.3 Å². The third-order valence-corrected chi connectivity index (χ3v) is 9.88. The van der Waals surface area contributed by atoms with E-state index < -0.39 is 5.60 Å². The van der Waals surface area contributed by atoms with Crippen LogP contribution in [0.1, 0.15) is 82.2 Å². The van der Waals surface area contributed by atoms with E-state index in [0.717, 1.165) is 49.6 Å². The van der Waals surface area contributed by atoms with Crippen LogP contribution in [-0.2, 0) is 14.3 Å². The average Bonchev–Trinajstić information content (AvgIpc) is 3.65. The van der Waals surface area contributed by atoms with Gasteiger partial charge in [-0.05, 0) is 77.5 Å². The first-order valence-electron chi connectivity index (χ1n) is 16.6. The van der Waals surface area contributed by atoms with E-state index in [9.17, 15) is 14.4 Å². The van der Waals surface area contributed by atoms with Crippen molar-refractivity contribution < 1.29 is 23.9 Å². The number of ether oxygens (including phenoxy) is 2. The predicted octanol–water partition coefficient (Wildman–Crippen LogP) is 4.91. The van der Waals surface area contributed by atoms with Crippen LogP contribution in [0.4, 0.5) is 22.2 Å². The fourth-order valence-corrected chi connectivity index (χ4v) is 7.96. The Morgan fingerprint density at radius 3 is 2.47 bits per heavy atom. The van der Waals surface area contributed by atoms with Crippen LogP contribution in [0.25, 0.3) is 11.0 Å². The molecule has 3 amide bonds. The van der Waals surface area contributed by atoms with Gasteiger partial charge in [-0.3, -0.25) is 9.59 Å². The van der Waals surface area contributed by atoms with Crippen molar-refractivity contribution in [3.63, 3.8) is 0 Å². The highest BCUT2D eigenvalue weighted by Crippen LogP contribution is 2.51. The second-order valence-corrected chi connectivity index (χ2v) is 14.8. The second-order valence-electron chi connectivity index (χ2n) is 14.8. The monoisotopic (exact) mass is 644 g/mol. The molecule has 0 radical (unpaired) electrons. The van der Waals surface area contributed by atoms with Crippen molar-refractivity contribution in [1.82, 2.24) is 29.3 Å². The van der Waals surface area contributed by atoms with Gasteiger partial charge in [0.15, 0.2) is 0 Å². The molecular weight excluding hydrogens is 600 g/mol. The molecule has 2 bridgehead atoms. The quantitative estimate of drug-likeness (QED) is 0.411. The summed E-state index contributed by atoms with van der Waals surface area (Å²) in [5.74, 6) is 0.893. The van der Waals surface area contributed by atoms with Crippen molar-refractivity contribution in [2.45, 2.75) is 89.4 Å². The fraction of sp³-hybridized carbons (Fsp3) is 0.588. The number of piperidine rings is 1. The van der Waals surface area contributed by atoms with E-state index in [0.29, 0.717) is 49.3 Å². The molecule has 4 fully saturated rings. The zero-order valence-corrected chi connectivity index (χ0v) is 27.9. The van der Waals surface area contributed by atoms with E-state index in [1.54, 1.807) is 31.4 Å². The number of hydrogen-bond donors (Lipinski definition) is 1. The maximum Gasteiger partial charge on any atom is 0.410 e. The van der Waals surface area contributed by atoms with Crippen molar-refractivity contribution >= 4 is 46.4 Å². The Labute approximate surface area is 274 Å². The van der Waals surface area contributed by atoms with Crippen LogP contribution in [0.5, 0.6) is 0 Å². The summed E-state index contributed by atoms with van der Waals surface area (Å²) in [6.07, 6.45) is 8.96. The maximum absolute atomic E-state index is 13.4. The molecule has 13 heteroatoms. The van der Waals surface area contributed by atoms with Gasteiger partial charge in [-0.2, -0.15) is 4.98 Å². The van der Waals surface area contributed by atoms with Gasteiger partial charge in [-0.25, -0.2) is 14.8 Å². The molecule has 3 atom stereocenters. The van der Waals surface area contributed by atoms with E-state index >= 15 is 0 Å². The molecule has 7 heterocycles. The molecule has 0 aliphatic carbocycles. The molecule has 0 saturated carbocycles. The van der Waals surface area contributed by atoms with Crippen molar-refractivity contribution in [2.75, 3.05) is 44.1 Å². The second kappa shape index (κ2) is 11.8. The van der Waals surface area contributed by atoms with E-state index in [-0.39, 0.29) is 41.4 Å². The van der Waals surface area contributed by atoms with Gasteiger partial charge < -0.3 is 34.1 Å². The van der Waals surface area contributed by atoms with Gasteiger partial charge >= 0.3 is 6.09 Å². The van der Waals surface area contributed by atoms with Crippen molar-refractivity contribution in [3.8, 4) is 0 Å². The Kier molecular flexibility index (Phi) is 7.85. The zero-order chi connectivity index (χ0) is 33.1. The molecule has 4 aliphatic rings. The molecular formula is C34H44N8O5. The minimum atomic E-state index is -0.537. The summed E-state index contributed by atoms with van der Waals surface area (Å²) in [5.41, 5.74) is 1.27.